The molecule has 2 rings (SSSR count). The van der Waals surface area contributed by atoms with Crippen molar-refractivity contribution in [3.8, 4) is 0 Å². The predicted octanol–water partition coefficient (Wildman–Crippen LogP) is 2.20. The summed E-state index contributed by atoms with van der Waals surface area (Å²) in [6.45, 7) is 2.39. The smallest absolute Gasteiger partial charge is 0.269 e. The van der Waals surface area contributed by atoms with Crippen LogP contribution in [0.4, 0.5) is 0 Å². The van der Waals surface area contributed by atoms with E-state index in [4.69, 9.17) is 0 Å². The lowest BCUT2D eigenvalue weighted by Gasteiger charge is -2.17. The summed E-state index contributed by atoms with van der Waals surface area (Å²) in [5.41, 5.74) is 1.22. The van der Waals surface area contributed by atoms with E-state index in [9.17, 15) is 9.59 Å². The molecule has 0 aliphatic rings. The van der Waals surface area contributed by atoms with Gasteiger partial charge in [0.1, 0.15) is 5.69 Å². The summed E-state index contributed by atoms with van der Waals surface area (Å²) in [6.07, 6.45) is 9.78. The molecule has 0 fully saturated rings. The van der Waals surface area contributed by atoms with Gasteiger partial charge in [0.25, 0.3) is 5.91 Å². The molecule has 6 nitrogen and oxygen atoms in total. The molecule has 0 saturated carbocycles. The summed E-state index contributed by atoms with van der Waals surface area (Å²) in [5.74, 6) is -0.448. The third-order valence-corrected chi connectivity index (χ3v) is 3.50. The lowest BCUT2D eigenvalue weighted by atomic mass is 10.1. The Morgan fingerprint density at radius 1 is 1.20 bits per heavy atom. The van der Waals surface area contributed by atoms with Crippen LogP contribution in [0.3, 0.4) is 0 Å². The molecule has 1 atom stereocenters. The fraction of sp³-hybridized carbons (Fsp3) is 0.263. The van der Waals surface area contributed by atoms with Gasteiger partial charge >= 0.3 is 0 Å². The maximum Gasteiger partial charge on any atom is 0.269 e. The molecule has 0 radical (unpaired) electrons. The Balaban J connectivity index is 1.86. The highest BCUT2D eigenvalue weighted by Gasteiger charge is 2.13. The number of pyridine rings is 2. The number of amides is 2. The number of hydrogen-bond acceptors (Lipinski definition) is 4. The summed E-state index contributed by atoms with van der Waals surface area (Å²) in [5, 5.41) is 5.73. The van der Waals surface area contributed by atoms with Gasteiger partial charge in [0.05, 0.1) is 0 Å². The molecule has 1 unspecified atom stereocenters. The molecule has 0 bridgehead atoms. The molecule has 0 aromatic carbocycles. The van der Waals surface area contributed by atoms with Crippen LogP contribution in [-0.2, 0) is 4.79 Å². The number of nitrogens with zero attached hydrogens (tertiary/aromatic N) is 2. The van der Waals surface area contributed by atoms with Crippen molar-refractivity contribution in [2.24, 2.45) is 0 Å². The lowest BCUT2D eigenvalue weighted by molar-refractivity contribution is -0.117. The van der Waals surface area contributed by atoms with E-state index >= 15 is 0 Å². The molecule has 0 spiro atoms. The number of carbonyl (C=O) groups is 2. The minimum absolute atomic E-state index is 0.135. The van der Waals surface area contributed by atoms with Gasteiger partial charge in [0, 0.05) is 37.3 Å². The Morgan fingerprint density at radius 3 is 2.76 bits per heavy atom. The van der Waals surface area contributed by atoms with Gasteiger partial charge in [-0.3, -0.25) is 19.6 Å². The van der Waals surface area contributed by atoms with Crippen molar-refractivity contribution in [1.82, 2.24) is 20.6 Å². The Hall–Kier alpha value is -3.02. The number of rotatable bonds is 8. The van der Waals surface area contributed by atoms with E-state index in [1.807, 2.05) is 19.1 Å². The zero-order chi connectivity index (χ0) is 17.9. The van der Waals surface area contributed by atoms with Crippen LogP contribution in [0.15, 0.2) is 55.0 Å². The lowest BCUT2D eigenvalue weighted by Crippen LogP contribution is -2.43. The maximum atomic E-state index is 12.1. The highest BCUT2D eigenvalue weighted by molar-refractivity contribution is 5.93. The van der Waals surface area contributed by atoms with Crippen molar-refractivity contribution in [2.45, 2.75) is 25.8 Å². The van der Waals surface area contributed by atoms with E-state index in [1.165, 1.54) is 6.08 Å². The van der Waals surface area contributed by atoms with Crippen molar-refractivity contribution in [3.63, 3.8) is 0 Å². The van der Waals surface area contributed by atoms with Gasteiger partial charge in [-0.05, 0) is 36.3 Å². The first-order valence-electron chi connectivity index (χ1n) is 8.27. The Morgan fingerprint density at radius 2 is 2.08 bits per heavy atom. The molecule has 2 amide bonds. The highest BCUT2D eigenvalue weighted by atomic mass is 16.2. The summed E-state index contributed by atoms with van der Waals surface area (Å²) in [7, 11) is 0. The first kappa shape index (κ1) is 18.3. The number of hydrogen-bond donors (Lipinski definition) is 2. The SMILES string of the molecule is CCCC(CNC(=O)c1ccccn1)NC(=O)C=Cc1cccnc1. The van der Waals surface area contributed by atoms with Gasteiger partial charge in [-0.1, -0.05) is 25.5 Å². The van der Waals surface area contributed by atoms with Gasteiger partial charge in [-0.25, -0.2) is 0 Å². The maximum absolute atomic E-state index is 12.1. The fourth-order valence-electron chi connectivity index (χ4n) is 2.27. The summed E-state index contributed by atoms with van der Waals surface area (Å²) >= 11 is 0. The predicted molar refractivity (Wildman–Crippen MR) is 96.7 cm³/mol. The van der Waals surface area contributed by atoms with Gasteiger partial charge < -0.3 is 10.6 Å². The number of nitrogens with one attached hydrogen (secondary N) is 2. The van der Waals surface area contributed by atoms with E-state index in [0.29, 0.717) is 12.2 Å². The van der Waals surface area contributed by atoms with Crippen molar-refractivity contribution < 1.29 is 9.59 Å². The summed E-state index contributed by atoms with van der Waals surface area (Å²) in [6, 6.07) is 8.71. The van der Waals surface area contributed by atoms with Crippen molar-refractivity contribution in [2.75, 3.05) is 6.54 Å². The molecular formula is C19H22N4O2. The standard InChI is InChI=1S/C19H22N4O2/c1-2-6-16(14-22-19(25)17-8-3-4-12-21-17)23-18(24)10-9-15-7-5-11-20-13-15/h3-5,7-13,16H,2,6,14H2,1H3,(H,22,25)(H,23,24). The van der Waals surface area contributed by atoms with Crippen LogP contribution in [0.2, 0.25) is 0 Å². The molecule has 25 heavy (non-hydrogen) atoms. The molecule has 2 heterocycles. The minimum Gasteiger partial charge on any atom is -0.349 e. The zero-order valence-electron chi connectivity index (χ0n) is 14.2. The first-order chi connectivity index (χ1) is 12.2. The van der Waals surface area contributed by atoms with Gasteiger partial charge in [-0.2, -0.15) is 0 Å². The van der Waals surface area contributed by atoms with Crippen molar-refractivity contribution >= 4 is 17.9 Å². The summed E-state index contributed by atoms with van der Waals surface area (Å²) < 4.78 is 0. The van der Waals surface area contributed by atoms with E-state index in [0.717, 1.165) is 18.4 Å². The van der Waals surface area contributed by atoms with Gasteiger partial charge in [0.2, 0.25) is 5.91 Å². The van der Waals surface area contributed by atoms with E-state index < -0.39 is 0 Å². The Bertz CT molecular complexity index is 702. The molecule has 2 aromatic heterocycles. The molecule has 0 saturated heterocycles. The number of aromatic nitrogens is 2. The molecule has 6 heteroatoms. The molecule has 0 aliphatic carbocycles. The van der Waals surface area contributed by atoms with Crippen LogP contribution < -0.4 is 10.6 Å². The molecular weight excluding hydrogens is 316 g/mol. The Kier molecular flexibility index (Phi) is 7.31. The van der Waals surface area contributed by atoms with E-state index in [2.05, 4.69) is 20.6 Å². The van der Waals surface area contributed by atoms with Gasteiger partial charge in [0.15, 0.2) is 0 Å². The summed E-state index contributed by atoms with van der Waals surface area (Å²) in [4.78, 5) is 32.1. The van der Waals surface area contributed by atoms with Crippen molar-refractivity contribution in [3.05, 3.63) is 66.3 Å². The van der Waals surface area contributed by atoms with Crippen molar-refractivity contribution in [1.29, 1.82) is 0 Å². The van der Waals surface area contributed by atoms with E-state index in [-0.39, 0.29) is 17.9 Å². The number of carbonyl (C=O) groups excluding carboxylic acids is 2. The zero-order valence-corrected chi connectivity index (χ0v) is 14.2. The largest absolute Gasteiger partial charge is 0.349 e. The molecule has 2 N–H and O–H groups in total. The second kappa shape index (κ2) is 9.97. The molecule has 0 aliphatic heterocycles. The minimum atomic E-state index is -0.248. The monoisotopic (exact) mass is 338 g/mol. The second-order valence-electron chi connectivity index (χ2n) is 5.54. The quantitative estimate of drug-likeness (QED) is 0.723. The third-order valence-electron chi connectivity index (χ3n) is 3.50. The molecule has 2 aromatic rings. The topological polar surface area (TPSA) is 84.0 Å². The van der Waals surface area contributed by atoms with Gasteiger partial charge in [-0.15, -0.1) is 0 Å². The normalized spacial score (nSPS) is 11.9. The third kappa shape index (κ3) is 6.55. The van der Waals surface area contributed by atoms with Crippen LogP contribution in [0.5, 0.6) is 0 Å². The first-order valence-corrected chi connectivity index (χ1v) is 8.27. The Labute approximate surface area is 147 Å². The van der Waals surface area contributed by atoms with Crippen LogP contribution >= 0.6 is 0 Å². The van der Waals surface area contributed by atoms with Crippen LogP contribution in [-0.4, -0.2) is 34.4 Å². The molecule has 130 valence electrons. The average molecular weight is 338 g/mol. The van der Waals surface area contributed by atoms with Crippen LogP contribution in [0.25, 0.3) is 6.08 Å². The fourth-order valence-corrected chi connectivity index (χ4v) is 2.27. The second-order valence-corrected chi connectivity index (χ2v) is 5.54. The van der Waals surface area contributed by atoms with Crippen LogP contribution in [0.1, 0.15) is 35.8 Å². The highest BCUT2D eigenvalue weighted by Crippen LogP contribution is 2.00. The van der Waals surface area contributed by atoms with E-state index in [1.54, 1.807) is 42.9 Å². The average Bonchev–Trinajstić information content (AvgIpc) is 2.66. The van der Waals surface area contributed by atoms with Crippen LogP contribution in [0, 0.1) is 0 Å².